The number of hydrogen-bond acceptors (Lipinski definition) is 3. The SMILES string of the molecule is Cc1c(I)c2cccnc2n1CC(=O)OC(C)(C)C. The van der Waals surface area contributed by atoms with Crippen LogP contribution in [0.25, 0.3) is 11.0 Å². The number of halogens is 1. The number of aromatic nitrogens is 2. The lowest BCUT2D eigenvalue weighted by Crippen LogP contribution is -2.26. The van der Waals surface area contributed by atoms with Crippen molar-refractivity contribution in [1.82, 2.24) is 9.55 Å². The zero-order chi connectivity index (χ0) is 14.2. The Balaban J connectivity index is 2.36. The van der Waals surface area contributed by atoms with Crippen LogP contribution in [-0.2, 0) is 16.1 Å². The first-order valence-corrected chi connectivity index (χ1v) is 7.18. The number of carbonyl (C=O) groups is 1. The summed E-state index contributed by atoms with van der Waals surface area (Å²) in [5, 5.41) is 1.07. The van der Waals surface area contributed by atoms with Crippen molar-refractivity contribution in [2.24, 2.45) is 0 Å². The van der Waals surface area contributed by atoms with Gasteiger partial charge >= 0.3 is 5.97 Å². The zero-order valence-corrected chi connectivity index (χ0v) is 13.7. The van der Waals surface area contributed by atoms with Gasteiger partial charge in [0.1, 0.15) is 17.8 Å². The molecule has 0 aliphatic heterocycles. The molecule has 0 radical (unpaired) electrons. The van der Waals surface area contributed by atoms with Crippen LogP contribution < -0.4 is 0 Å². The van der Waals surface area contributed by atoms with Crippen molar-refractivity contribution in [3.63, 3.8) is 0 Å². The highest BCUT2D eigenvalue weighted by atomic mass is 127. The van der Waals surface area contributed by atoms with Crippen molar-refractivity contribution in [2.45, 2.75) is 39.8 Å². The molecule has 0 aliphatic rings. The summed E-state index contributed by atoms with van der Waals surface area (Å²) in [6.07, 6.45) is 1.74. The highest BCUT2D eigenvalue weighted by molar-refractivity contribution is 14.1. The summed E-state index contributed by atoms with van der Waals surface area (Å²) < 4.78 is 8.40. The molecular weight excluding hydrogens is 355 g/mol. The van der Waals surface area contributed by atoms with E-state index in [0.717, 1.165) is 20.3 Å². The molecule has 0 atom stereocenters. The van der Waals surface area contributed by atoms with Crippen LogP contribution in [0.15, 0.2) is 18.3 Å². The van der Waals surface area contributed by atoms with Crippen molar-refractivity contribution in [2.75, 3.05) is 0 Å². The van der Waals surface area contributed by atoms with Gasteiger partial charge in [-0.25, -0.2) is 4.98 Å². The summed E-state index contributed by atoms with van der Waals surface area (Å²) in [4.78, 5) is 16.3. The summed E-state index contributed by atoms with van der Waals surface area (Å²) in [6, 6.07) is 3.92. The number of ether oxygens (including phenoxy) is 1. The number of nitrogens with zero attached hydrogens (tertiary/aromatic N) is 2. The third-order valence-corrected chi connectivity index (χ3v) is 4.07. The molecule has 2 aromatic rings. The Morgan fingerprint density at radius 1 is 1.47 bits per heavy atom. The van der Waals surface area contributed by atoms with Crippen LogP contribution in [0.3, 0.4) is 0 Å². The Hall–Kier alpha value is -1.11. The second kappa shape index (κ2) is 5.11. The summed E-state index contributed by atoms with van der Waals surface area (Å²) in [7, 11) is 0. The average Bonchev–Trinajstić information content (AvgIpc) is 2.53. The van der Waals surface area contributed by atoms with Crippen molar-refractivity contribution in [3.8, 4) is 0 Å². The molecule has 5 heteroatoms. The van der Waals surface area contributed by atoms with Gasteiger partial charge in [-0.2, -0.15) is 0 Å². The van der Waals surface area contributed by atoms with Crippen molar-refractivity contribution < 1.29 is 9.53 Å². The van der Waals surface area contributed by atoms with Gasteiger partial charge < -0.3 is 9.30 Å². The molecule has 19 heavy (non-hydrogen) atoms. The first-order valence-electron chi connectivity index (χ1n) is 6.11. The van der Waals surface area contributed by atoms with Crippen LogP contribution in [0.4, 0.5) is 0 Å². The van der Waals surface area contributed by atoms with Gasteiger partial charge in [0.15, 0.2) is 0 Å². The molecule has 102 valence electrons. The van der Waals surface area contributed by atoms with E-state index in [1.807, 2.05) is 44.4 Å². The third-order valence-electron chi connectivity index (χ3n) is 2.71. The van der Waals surface area contributed by atoms with Crippen molar-refractivity contribution >= 4 is 39.6 Å². The molecule has 4 nitrogen and oxygen atoms in total. The monoisotopic (exact) mass is 372 g/mol. The van der Waals surface area contributed by atoms with E-state index in [2.05, 4.69) is 27.6 Å². The highest BCUT2D eigenvalue weighted by Crippen LogP contribution is 2.25. The van der Waals surface area contributed by atoms with Gasteiger partial charge in [-0.05, 0) is 62.4 Å². The fourth-order valence-electron chi connectivity index (χ4n) is 1.95. The topological polar surface area (TPSA) is 44.1 Å². The van der Waals surface area contributed by atoms with Gasteiger partial charge in [-0.15, -0.1) is 0 Å². The predicted octanol–water partition coefficient (Wildman–Crippen LogP) is 3.29. The quantitative estimate of drug-likeness (QED) is 0.600. The normalized spacial score (nSPS) is 11.8. The second-order valence-electron chi connectivity index (χ2n) is 5.45. The molecular formula is C14H17IN2O2. The van der Waals surface area contributed by atoms with Gasteiger partial charge in [0.2, 0.25) is 0 Å². The van der Waals surface area contributed by atoms with E-state index in [-0.39, 0.29) is 12.5 Å². The van der Waals surface area contributed by atoms with Gasteiger partial charge in [0, 0.05) is 20.8 Å². The number of carbonyl (C=O) groups excluding carboxylic acids is 1. The van der Waals surface area contributed by atoms with E-state index in [9.17, 15) is 4.79 Å². The van der Waals surface area contributed by atoms with E-state index >= 15 is 0 Å². The Morgan fingerprint density at radius 2 is 2.16 bits per heavy atom. The zero-order valence-electron chi connectivity index (χ0n) is 11.5. The molecule has 0 amide bonds. The number of pyridine rings is 1. The van der Waals surface area contributed by atoms with Crippen LogP contribution in [-0.4, -0.2) is 21.1 Å². The Labute approximate surface area is 126 Å². The van der Waals surface area contributed by atoms with Gasteiger partial charge in [-0.3, -0.25) is 4.79 Å². The lowest BCUT2D eigenvalue weighted by Gasteiger charge is -2.20. The largest absolute Gasteiger partial charge is 0.459 e. The summed E-state index contributed by atoms with van der Waals surface area (Å²) in [6.45, 7) is 7.79. The number of fused-ring (bicyclic) bond motifs is 1. The van der Waals surface area contributed by atoms with Crippen LogP contribution in [0, 0.1) is 10.5 Å². The average molecular weight is 372 g/mol. The number of hydrogen-bond donors (Lipinski definition) is 0. The van der Waals surface area contributed by atoms with E-state index in [1.165, 1.54) is 0 Å². The molecule has 2 heterocycles. The number of esters is 1. The summed E-state index contributed by atoms with van der Waals surface area (Å²) >= 11 is 2.29. The van der Waals surface area contributed by atoms with Crippen LogP contribution >= 0.6 is 22.6 Å². The van der Waals surface area contributed by atoms with E-state index < -0.39 is 5.60 Å². The molecule has 2 rings (SSSR count). The second-order valence-corrected chi connectivity index (χ2v) is 6.53. The minimum Gasteiger partial charge on any atom is -0.459 e. The molecule has 2 aromatic heterocycles. The molecule has 0 spiro atoms. The maximum Gasteiger partial charge on any atom is 0.326 e. The first-order chi connectivity index (χ1) is 8.79. The minimum absolute atomic E-state index is 0.194. The van der Waals surface area contributed by atoms with Gasteiger partial charge in [0.05, 0.1) is 0 Å². The first kappa shape index (κ1) is 14.3. The maximum atomic E-state index is 12.0. The lowest BCUT2D eigenvalue weighted by molar-refractivity contribution is -0.155. The predicted molar refractivity (Wildman–Crippen MR) is 83.0 cm³/mol. The molecule has 0 N–H and O–H groups in total. The Morgan fingerprint density at radius 3 is 2.79 bits per heavy atom. The van der Waals surface area contributed by atoms with Crippen LogP contribution in [0.1, 0.15) is 26.5 Å². The molecule has 0 bridgehead atoms. The van der Waals surface area contributed by atoms with E-state index in [1.54, 1.807) is 6.20 Å². The summed E-state index contributed by atoms with van der Waals surface area (Å²) in [5.41, 5.74) is 1.41. The van der Waals surface area contributed by atoms with Gasteiger partial charge in [-0.1, -0.05) is 0 Å². The standard InChI is InChI=1S/C14H17IN2O2/c1-9-12(15)10-6-5-7-16-13(10)17(9)8-11(18)19-14(2,3)4/h5-7H,8H2,1-4H3. The Kier molecular flexibility index (Phi) is 3.85. The number of rotatable bonds is 2. The van der Waals surface area contributed by atoms with Crippen molar-refractivity contribution in [1.29, 1.82) is 0 Å². The molecule has 0 saturated carbocycles. The van der Waals surface area contributed by atoms with Crippen molar-refractivity contribution in [3.05, 3.63) is 27.6 Å². The summed E-state index contributed by atoms with van der Waals surface area (Å²) in [5.74, 6) is -0.241. The molecule has 0 aliphatic carbocycles. The van der Waals surface area contributed by atoms with Crippen LogP contribution in [0.2, 0.25) is 0 Å². The maximum absolute atomic E-state index is 12.0. The molecule has 0 aromatic carbocycles. The smallest absolute Gasteiger partial charge is 0.326 e. The van der Waals surface area contributed by atoms with Crippen LogP contribution in [0.5, 0.6) is 0 Å². The molecule has 0 unspecified atom stereocenters. The lowest BCUT2D eigenvalue weighted by atomic mass is 10.2. The highest BCUT2D eigenvalue weighted by Gasteiger charge is 2.19. The van der Waals surface area contributed by atoms with E-state index in [0.29, 0.717) is 0 Å². The van der Waals surface area contributed by atoms with Gasteiger partial charge in [0.25, 0.3) is 0 Å². The Bertz CT molecular complexity index is 626. The van der Waals surface area contributed by atoms with E-state index in [4.69, 9.17) is 4.74 Å². The fourth-order valence-corrected chi connectivity index (χ4v) is 2.66. The minimum atomic E-state index is -0.464. The fraction of sp³-hybridized carbons (Fsp3) is 0.429. The third kappa shape index (κ3) is 3.08. The molecule has 0 saturated heterocycles. The molecule has 0 fully saturated rings.